The van der Waals surface area contributed by atoms with E-state index in [0.29, 0.717) is 25.3 Å². The van der Waals surface area contributed by atoms with Crippen molar-refractivity contribution in [3.63, 3.8) is 0 Å². The van der Waals surface area contributed by atoms with Gasteiger partial charge in [0.2, 0.25) is 0 Å². The first kappa shape index (κ1) is 18.1. The third kappa shape index (κ3) is 4.03. The Balaban J connectivity index is 3.17. The molecule has 0 aliphatic heterocycles. The molecule has 122 valence electrons. The maximum absolute atomic E-state index is 12.8. The molecule has 1 aromatic heterocycles. The number of H-pyrrole nitrogens is 1. The van der Waals surface area contributed by atoms with Gasteiger partial charge in [-0.05, 0) is 20.4 Å². The Morgan fingerprint density at radius 1 is 1.43 bits per heavy atom. The highest BCUT2D eigenvalue weighted by atomic mass is 32.2. The Bertz CT molecular complexity index is 542. The predicted molar refractivity (Wildman–Crippen MR) is 81.6 cm³/mol. The Morgan fingerprint density at radius 2 is 2.10 bits per heavy atom. The molecule has 0 aliphatic rings. The topological polar surface area (TPSA) is 87.3 Å². The fourth-order valence-electron chi connectivity index (χ4n) is 2.26. The lowest BCUT2D eigenvalue weighted by Crippen LogP contribution is -2.41. The van der Waals surface area contributed by atoms with E-state index >= 15 is 0 Å². The summed E-state index contributed by atoms with van der Waals surface area (Å²) < 4.78 is 32.2. The Labute approximate surface area is 127 Å². The third-order valence-electron chi connectivity index (χ3n) is 3.35. The minimum absolute atomic E-state index is 0.103. The van der Waals surface area contributed by atoms with Crippen LogP contribution < -0.4 is 5.32 Å². The maximum Gasteiger partial charge on any atom is 0.263 e. The number of nitrogens with zero attached hydrogens (tertiary/aromatic N) is 2. The zero-order chi connectivity index (χ0) is 16.0. The molecule has 0 bridgehead atoms. The van der Waals surface area contributed by atoms with E-state index in [1.165, 1.54) is 4.31 Å². The standard InChI is InChI=1S/C13H26N4O3S/c1-6-14-8-12-11(4)15-16-13(12)21(18,19)17(7-2)10(3)9-20-5/h10,14H,6-9H2,1-5H3,(H,15,16). The van der Waals surface area contributed by atoms with E-state index in [2.05, 4.69) is 15.5 Å². The average Bonchev–Trinajstić information content (AvgIpc) is 2.79. The molecule has 0 saturated heterocycles. The first-order valence-electron chi connectivity index (χ1n) is 7.15. The zero-order valence-electron chi connectivity index (χ0n) is 13.4. The summed E-state index contributed by atoms with van der Waals surface area (Å²) in [6.07, 6.45) is 0. The van der Waals surface area contributed by atoms with Gasteiger partial charge in [-0.15, -0.1) is 0 Å². The van der Waals surface area contributed by atoms with Crippen molar-refractivity contribution in [3.8, 4) is 0 Å². The molecule has 2 N–H and O–H groups in total. The van der Waals surface area contributed by atoms with Gasteiger partial charge in [0.25, 0.3) is 10.0 Å². The van der Waals surface area contributed by atoms with Crippen LogP contribution in [-0.4, -0.2) is 55.8 Å². The molecule has 0 fully saturated rings. The van der Waals surface area contributed by atoms with Gasteiger partial charge in [-0.2, -0.15) is 9.40 Å². The van der Waals surface area contributed by atoms with Crippen molar-refractivity contribution in [2.45, 2.75) is 45.3 Å². The second-order valence-electron chi connectivity index (χ2n) is 4.93. The van der Waals surface area contributed by atoms with Crippen LogP contribution in [-0.2, 0) is 21.3 Å². The number of aromatic amines is 1. The lowest BCUT2D eigenvalue weighted by Gasteiger charge is -2.26. The molecule has 1 unspecified atom stereocenters. The van der Waals surface area contributed by atoms with Gasteiger partial charge in [0, 0.05) is 37.5 Å². The summed E-state index contributed by atoms with van der Waals surface area (Å²) in [7, 11) is -2.08. The lowest BCUT2D eigenvalue weighted by atomic mass is 10.2. The minimum atomic E-state index is -3.64. The van der Waals surface area contributed by atoms with Crippen LogP contribution in [0.2, 0.25) is 0 Å². The van der Waals surface area contributed by atoms with Crippen molar-refractivity contribution in [2.24, 2.45) is 0 Å². The summed E-state index contributed by atoms with van der Waals surface area (Å²) in [6.45, 7) is 9.40. The Kier molecular flexibility index (Phi) is 6.79. The molecule has 0 saturated carbocycles. The van der Waals surface area contributed by atoms with E-state index in [9.17, 15) is 8.42 Å². The van der Waals surface area contributed by atoms with E-state index in [0.717, 1.165) is 12.2 Å². The van der Waals surface area contributed by atoms with Crippen LogP contribution in [0.25, 0.3) is 0 Å². The van der Waals surface area contributed by atoms with Crippen LogP contribution in [0.5, 0.6) is 0 Å². The summed E-state index contributed by atoms with van der Waals surface area (Å²) >= 11 is 0. The first-order valence-corrected chi connectivity index (χ1v) is 8.59. The molecule has 0 aromatic carbocycles. The summed E-state index contributed by atoms with van der Waals surface area (Å²) in [5.41, 5.74) is 1.46. The largest absolute Gasteiger partial charge is 0.383 e. The van der Waals surface area contributed by atoms with Crippen molar-refractivity contribution >= 4 is 10.0 Å². The van der Waals surface area contributed by atoms with E-state index in [-0.39, 0.29) is 11.1 Å². The molecule has 8 heteroatoms. The van der Waals surface area contributed by atoms with Crippen molar-refractivity contribution < 1.29 is 13.2 Å². The van der Waals surface area contributed by atoms with Crippen LogP contribution in [0.1, 0.15) is 32.0 Å². The quantitative estimate of drug-likeness (QED) is 0.705. The molecule has 0 amide bonds. The van der Waals surface area contributed by atoms with Crippen molar-refractivity contribution in [1.29, 1.82) is 0 Å². The number of aryl methyl sites for hydroxylation is 1. The van der Waals surface area contributed by atoms with Gasteiger partial charge < -0.3 is 10.1 Å². The highest BCUT2D eigenvalue weighted by Gasteiger charge is 2.32. The normalized spacial score (nSPS) is 13.8. The molecule has 7 nitrogen and oxygen atoms in total. The van der Waals surface area contributed by atoms with Gasteiger partial charge in [-0.25, -0.2) is 8.42 Å². The van der Waals surface area contributed by atoms with Crippen molar-refractivity contribution in [3.05, 3.63) is 11.3 Å². The summed E-state index contributed by atoms with van der Waals surface area (Å²) in [4.78, 5) is 0. The lowest BCUT2D eigenvalue weighted by molar-refractivity contribution is 0.142. The third-order valence-corrected chi connectivity index (χ3v) is 5.41. The number of ether oxygens (including phenoxy) is 1. The molecule has 1 rings (SSSR count). The highest BCUT2D eigenvalue weighted by Crippen LogP contribution is 2.22. The van der Waals surface area contributed by atoms with Crippen LogP contribution in [0, 0.1) is 6.92 Å². The number of aromatic nitrogens is 2. The number of nitrogens with one attached hydrogen (secondary N) is 2. The minimum Gasteiger partial charge on any atom is -0.383 e. The fraction of sp³-hybridized carbons (Fsp3) is 0.769. The maximum atomic E-state index is 12.8. The second kappa shape index (κ2) is 7.88. The summed E-state index contributed by atoms with van der Waals surface area (Å²) in [5, 5.41) is 10.0. The molecule has 0 radical (unpaired) electrons. The van der Waals surface area contributed by atoms with Crippen molar-refractivity contribution in [1.82, 2.24) is 19.8 Å². The fourth-order valence-corrected chi connectivity index (χ4v) is 4.05. The molecular formula is C13H26N4O3S. The number of rotatable bonds is 9. The highest BCUT2D eigenvalue weighted by molar-refractivity contribution is 7.89. The number of hydrogen-bond donors (Lipinski definition) is 2. The van der Waals surface area contributed by atoms with Crippen LogP contribution >= 0.6 is 0 Å². The molecule has 21 heavy (non-hydrogen) atoms. The van der Waals surface area contributed by atoms with Crippen molar-refractivity contribution in [2.75, 3.05) is 26.8 Å². The van der Waals surface area contributed by atoms with E-state index in [1.54, 1.807) is 7.11 Å². The number of likely N-dealkylation sites (N-methyl/N-ethyl adjacent to an activating group) is 1. The van der Waals surface area contributed by atoms with Gasteiger partial charge in [0.1, 0.15) is 0 Å². The second-order valence-corrected chi connectivity index (χ2v) is 6.73. The SMILES string of the molecule is CCNCc1c(S(=O)(=O)N(CC)C(C)COC)n[nH]c1C. The number of sulfonamides is 1. The smallest absolute Gasteiger partial charge is 0.263 e. The van der Waals surface area contributed by atoms with Crippen LogP contribution in [0.15, 0.2) is 5.03 Å². The molecule has 0 aliphatic carbocycles. The Hall–Kier alpha value is -0.960. The van der Waals surface area contributed by atoms with Crippen LogP contribution in [0.3, 0.4) is 0 Å². The molecule has 1 heterocycles. The average molecular weight is 318 g/mol. The zero-order valence-corrected chi connectivity index (χ0v) is 14.2. The van der Waals surface area contributed by atoms with E-state index in [4.69, 9.17) is 4.74 Å². The summed E-state index contributed by atoms with van der Waals surface area (Å²) in [5.74, 6) is 0. The van der Waals surface area contributed by atoms with E-state index in [1.807, 2.05) is 27.7 Å². The molecule has 0 spiro atoms. The van der Waals surface area contributed by atoms with E-state index < -0.39 is 10.0 Å². The molecule has 1 aromatic rings. The predicted octanol–water partition coefficient (Wildman–Crippen LogP) is 0.873. The number of hydrogen-bond acceptors (Lipinski definition) is 5. The summed E-state index contributed by atoms with van der Waals surface area (Å²) in [6, 6.07) is -0.242. The first-order chi connectivity index (χ1) is 9.89. The number of methoxy groups -OCH3 is 1. The van der Waals surface area contributed by atoms with Gasteiger partial charge in [-0.3, -0.25) is 5.10 Å². The van der Waals surface area contributed by atoms with Gasteiger partial charge in [0.15, 0.2) is 5.03 Å². The monoisotopic (exact) mass is 318 g/mol. The van der Waals surface area contributed by atoms with Crippen LogP contribution in [0.4, 0.5) is 0 Å². The molecule has 1 atom stereocenters. The Morgan fingerprint density at radius 3 is 2.62 bits per heavy atom. The van der Waals surface area contributed by atoms with Gasteiger partial charge >= 0.3 is 0 Å². The molecular weight excluding hydrogens is 292 g/mol. The van der Waals surface area contributed by atoms with Gasteiger partial charge in [-0.1, -0.05) is 13.8 Å². The van der Waals surface area contributed by atoms with Gasteiger partial charge in [0.05, 0.1) is 6.61 Å².